The van der Waals surface area contributed by atoms with Crippen LogP contribution in [0.4, 0.5) is 10.1 Å². The summed E-state index contributed by atoms with van der Waals surface area (Å²) in [5, 5.41) is 11.1. The molecule has 0 spiro atoms. The highest BCUT2D eigenvalue weighted by Crippen LogP contribution is 2.43. The van der Waals surface area contributed by atoms with Crippen molar-refractivity contribution in [3.63, 3.8) is 0 Å². The van der Waals surface area contributed by atoms with E-state index in [1.165, 1.54) is 12.1 Å². The largest absolute Gasteiger partial charge is 0.375 e. The molecule has 0 saturated heterocycles. The molecule has 1 atom stereocenters. The number of amides is 1. The number of rotatable bonds is 4. The number of hydrogen-bond acceptors (Lipinski definition) is 2. The molecule has 1 N–H and O–H groups in total. The van der Waals surface area contributed by atoms with Crippen molar-refractivity contribution in [2.45, 2.75) is 32.4 Å². The molecule has 2 aromatic carbocycles. The van der Waals surface area contributed by atoms with Crippen LogP contribution in [0.3, 0.4) is 0 Å². The number of halogens is 1. The molecule has 1 aliphatic heterocycles. The van der Waals surface area contributed by atoms with E-state index in [-0.39, 0.29) is 18.1 Å². The summed E-state index contributed by atoms with van der Waals surface area (Å²) in [7, 11) is 0. The van der Waals surface area contributed by atoms with Crippen LogP contribution >= 0.6 is 0 Å². The number of para-hydroxylation sites is 1. The zero-order valence-electron chi connectivity index (χ0n) is 13.8. The Morgan fingerprint density at radius 3 is 2.50 bits per heavy atom. The molecule has 1 unspecified atom stereocenters. The fourth-order valence-corrected chi connectivity index (χ4v) is 2.99. The topological polar surface area (TPSA) is 40.5 Å². The molecule has 2 aromatic rings. The summed E-state index contributed by atoms with van der Waals surface area (Å²) < 4.78 is 13.1. The SMILES string of the molecule is CC(C)=CCC1(O)C(=O)N(Cc2ccc(F)cc2)c2ccccc21. The van der Waals surface area contributed by atoms with E-state index in [0.29, 0.717) is 17.8 Å². The van der Waals surface area contributed by atoms with Crippen molar-refractivity contribution in [3.8, 4) is 0 Å². The van der Waals surface area contributed by atoms with Crippen LogP contribution in [0.5, 0.6) is 0 Å². The third-order valence-corrected chi connectivity index (χ3v) is 4.30. The molecule has 0 aliphatic carbocycles. The van der Waals surface area contributed by atoms with Crippen LogP contribution in [0, 0.1) is 5.82 Å². The van der Waals surface area contributed by atoms with Crippen molar-refractivity contribution in [1.82, 2.24) is 0 Å². The Balaban J connectivity index is 1.98. The van der Waals surface area contributed by atoms with Crippen LogP contribution in [-0.2, 0) is 16.9 Å². The Bertz CT molecular complexity index is 794. The molecular formula is C20H20FNO2. The number of aliphatic hydroxyl groups is 1. The maximum absolute atomic E-state index is 13.1. The lowest BCUT2D eigenvalue weighted by Gasteiger charge is -2.22. The third kappa shape index (κ3) is 2.85. The summed E-state index contributed by atoms with van der Waals surface area (Å²) in [6.45, 7) is 4.17. The molecule has 124 valence electrons. The molecule has 1 heterocycles. The number of nitrogens with zero attached hydrogens (tertiary/aromatic N) is 1. The quantitative estimate of drug-likeness (QED) is 0.866. The summed E-state index contributed by atoms with van der Waals surface area (Å²) >= 11 is 0. The van der Waals surface area contributed by atoms with E-state index in [4.69, 9.17) is 0 Å². The Morgan fingerprint density at radius 2 is 1.83 bits per heavy atom. The fraction of sp³-hybridized carbons (Fsp3) is 0.250. The second kappa shape index (κ2) is 6.21. The van der Waals surface area contributed by atoms with Crippen LogP contribution in [0.2, 0.25) is 0 Å². The fourth-order valence-electron chi connectivity index (χ4n) is 2.99. The predicted molar refractivity (Wildman–Crippen MR) is 92.0 cm³/mol. The van der Waals surface area contributed by atoms with Gasteiger partial charge in [0.15, 0.2) is 5.60 Å². The minimum absolute atomic E-state index is 0.241. The molecule has 0 radical (unpaired) electrons. The van der Waals surface area contributed by atoms with Gasteiger partial charge in [-0.15, -0.1) is 0 Å². The standard InChI is InChI=1S/C20H20FNO2/c1-14(2)11-12-20(24)17-5-3-4-6-18(17)22(19(20)23)13-15-7-9-16(21)10-8-15/h3-11,24H,12-13H2,1-2H3. The Kier molecular flexibility index (Phi) is 4.24. The van der Waals surface area contributed by atoms with Crippen molar-refractivity contribution < 1.29 is 14.3 Å². The molecule has 0 bridgehead atoms. The van der Waals surface area contributed by atoms with Crippen LogP contribution in [0.15, 0.2) is 60.2 Å². The molecule has 0 saturated carbocycles. The molecule has 4 heteroatoms. The predicted octanol–water partition coefficient (Wildman–Crippen LogP) is 3.92. The summed E-state index contributed by atoms with van der Waals surface area (Å²) in [6.07, 6.45) is 2.11. The molecule has 1 amide bonds. The van der Waals surface area contributed by atoms with Gasteiger partial charge in [0.05, 0.1) is 12.2 Å². The first-order valence-electron chi connectivity index (χ1n) is 7.93. The van der Waals surface area contributed by atoms with Gasteiger partial charge in [-0.2, -0.15) is 0 Å². The normalized spacial score (nSPS) is 19.3. The lowest BCUT2D eigenvalue weighted by Crippen LogP contribution is -2.39. The van der Waals surface area contributed by atoms with E-state index < -0.39 is 5.60 Å². The van der Waals surface area contributed by atoms with E-state index in [1.807, 2.05) is 38.1 Å². The summed E-state index contributed by atoms with van der Waals surface area (Å²) in [4.78, 5) is 14.5. The molecule has 0 fully saturated rings. The van der Waals surface area contributed by atoms with Crippen molar-refractivity contribution in [2.24, 2.45) is 0 Å². The minimum atomic E-state index is -1.55. The summed E-state index contributed by atoms with van der Waals surface area (Å²) in [5.41, 5.74) is 1.64. The molecule has 24 heavy (non-hydrogen) atoms. The van der Waals surface area contributed by atoms with E-state index in [0.717, 1.165) is 11.1 Å². The highest BCUT2D eigenvalue weighted by Gasteiger charge is 2.48. The molecule has 3 rings (SSSR count). The van der Waals surface area contributed by atoms with Crippen LogP contribution < -0.4 is 4.90 Å². The first-order valence-corrected chi connectivity index (χ1v) is 7.93. The van der Waals surface area contributed by atoms with Crippen LogP contribution in [0.25, 0.3) is 0 Å². The molecular weight excluding hydrogens is 305 g/mol. The summed E-state index contributed by atoms with van der Waals surface area (Å²) in [5.74, 6) is -0.655. The van der Waals surface area contributed by atoms with E-state index in [2.05, 4.69) is 0 Å². The third-order valence-electron chi connectivity index (χ3n) is 4.30. The lowest BCUT2D eigenvalue weighted by molar-refractivity contribution is -0.135. The van der Waals surface area contributed by atoms with E-state index in [1.54, 1.807) is 23.1 Å². The van der Waals surface area contributed by atoms with E-state index >= 15 is 0 Å². The number of carbonyl (C=O) groups is 1. The molecule has 3 nitrogen and oxygen atoms in total. The number of allylic oxidation sites excluding steroid dienone is 1. The average Bonchev–Trinajstić information content (AvgIpc) is 2.78. The maximum Gasteiger partial charge on any atom is 0.264 e. The second-order valence-electron chi connectivity index (χ2n) is 6.38. The highest BCUT2D eigenvalue weighted by molar-refractivity contribution is 6.06. The highest BCUT2D eigenvalue weighted by atomic mass is 19.1. The van der Waals surface area contributed by atoms with Gasteiger partial charge in [-0.05, 0) is 37.6 Å². The monoisotopic (exact) mass is 325 g/mol. The number of hydrogen-bond donors (Lipinski definition) is 1. The van der Waals surface area contributed by atoms with Gasteiger partial charge in [-0.1, -0.05) is 42.0 Å². The first kappa shape index (κ1) is 16.4. The van der Waals surface area contributed by atoms with Crippen LogP contribution in [0.1, 0.15) is 31.4 Å². The number of benzene rings is 2. The summed E-state index contributed by atoms with van der Waals surface area (Å²) in [6, 6.07) is 13.3. The zero-order valence-corrected chi connectivity index (χ0v) is 13.8. The van der Waals surface area contributed by atoms with Gasteiger partial charge in [0.1, 0.15) is 5.82 Å². The number of carbonyl (C=O) groups excluding carboxylic acids is 1. The van der Waals surface area contributed by atoms with Crippen LogP contribution in [-0.4, -0.2) is 11.0 Å². The number of fused-ring (bicyclic) bond motifs is 1. The maximum atomic E-state index is 13.1. The Labute approximate surface area is 141 Å². The molecule has 1 aliphatic rings. The zero-order chi connectivity index (χ0) is 17.3. The van der Waals surface area contributed by atoms with Crippen molar-refractivity contribution in [2.75, 3.05) is 4.90 Å². The van der Waals surface area contributed by atoms with Crippen molar-refractivity contribution >= 4 is 11.6 Å². The van der Waals surface area contributed by atoms with Crippen molar-refractivity contribution in [3.05, 3.63) is 77.1 Å². The average molecular weight is 325 g/mol. The van der Waals surface area contributed by atoms with Gasteiger partial charge in [0.25, 0.3) is 5.91 Å². The number of anilines is 1. The van der Waals surface area contributed by atoms with Crippen molar-refractivity contribution in [1.29, 1.82) is 0 Å². The Hall–Kier alpha value is -2.46. The van der Waals surface area contributed by atoms with E-state index in [9.17, 15) is 14.3 Å². The second-order valence-corrected chi connectivity index (χ2v) is 6.38. The van der Waals surface area contributed by atoms with Gasteiger partial charge in [-0.3, -0.25) is 4.79 Å². The van der Waals surface area contributed by atoms with Gasteiger partial charge in [0.2, 0.25) is 0 Å². The first-order chi connectivity index (χ1) is 11.4. The molecule has 0 aromatic heterocycles. The van der Waals surface area contributed by atoms with Gasteiger partial charge < -0.3 is 10.0 Å². The van der Waals surface area contributed by atoms with Gasteiger partial charge >= 0.3 is 0 Å². The Morgan fingerprint density at radius 1 is 1.17 bits per heavy atom. The van der Waals surface area contributed by atoms with Gasteiger partial charge in [-0.25, -0.2) is 4.39 Å². The lowest BCUT2D eigenvalue weighted by atomic mass is 9.91. The minimum Gasteiger partial charge on any atom is -0.375 e. The smallest absolute Gasteiger partial charge is 0.264 e. The van der Waals surface area contributed by atoms with Gasteiger partial charge in [0, 0.05) is 12.0 Å².